The van der Waals surface area contributed by atoms with Gasteiger partial charge < -0.3 is 4.90 Å². The SMILES string of the molecule is CC(C)(C)N(CCN1CCCCC1)S(C)(=O)=O.CC(C)(C)c1ccc(C#N)cc1.CC(C)CS(=O)(=O)Cc1ccccc1.CC(C)CS(=O)(=O)c1ccccc1.CC(C)CS(C)(=O)=O.CC(C)N(C)S(=O)(=O)Cc1ccccc1.CC(C)N(C)S(=O)(=O)c1ccccc1.CC(C)N(C)S(C)(=O)=O.CC(C)c1ccc(C(C)(C)C)cc1.CCCN(C(C)(C)C)S(C)(=O)=O. The van der Waals surface area contributed by atoms with Gasteiger partial charge in [0.05, 0.1) is 69.0 Å². The molecule has 6 aromatic carbocycles. The van der Waals surface area contributed by atoms with Crippen molar-refractivity contribution in [3.05, 3.63) is 203 Å². The fourth-order valence-corrected chi connectivity index (χ4v) is 23.0. The summed E-state index contributed by atoms with van der Waals surface area (Å²) in [5.74, 6) is 2.27. The first kappa shape index (κ1) is 125. The highest BCUT2D eigenvalue weighted by atomic mass is 32.2. The van der Waals surface area contributed by atoms with E-state index in [2.05, 4.69) is 90.6 Å². The highest BCUT2D eigenvalue weighted by Gasteiger charge is 2.31. The van der Waals surface area contributed by atoms with Crippen molar-refractivity contribution >= 4 is 79.6 Å². The lowest BCUT2D eigenvalue weighted by molar-refractivity contribution is 0.180. The summed E-state index contributed by atoms with van der Waals surface area (Å²) in [7, 11) is -19.6. The molecule has 0 radical (unpaired) electrons. The summed E-state index contributed by atoms with van der Waals surface area (Å²) in [5.41, 5.74) is 6.34. The van der Waals surface area contributed by atoms with Crippen molar-refractivity contribution in [3.63, 3.8) is 0 Å². The van der Waals surface area contributed by atoms with E-state index in [-0.39, 0.29) is 80.8 Å². The minimum absolute atomic E-state index is 0.00119. The van der Waals surface area contributed by atoms with E-state index in [1.54, 1.807) is 80.0 Å². The third kappa shape index (κ3) is 57.3. The van der Waals surface area contributed by atoms with Crippen molar-refractivity contribution < 1.29 is 67.3 Å². The lowest BCUT2D eigenvalue weighted by Gasteiger charge is -2.35. The van der Waals surface area contributed by atoms with Crippen LogP contribution in [-0.2, 0) is 102 Å². The molecule has 0 atom stereocenters. The fourth-order valence-electron chi connectivity index (χ4n) is 11.8. The van der Waals surface area contributed by atoms with Crippen molar-refractivity contribution in [1.29, 1.82) is 5.26 Å². The molecule has 0 N–H and O–H groups in total. The molecule has 1 aliphatic rings. The molecule has 0 saturated carbocycles. The molecular formula is C96H165N7O16S8. The van der Waals surface area contributed by atoms with Crippen molar-refractivity contribution in [2.45, 2.75) is 280 Å². The number of piperidine rings is 1. The Bertz CT molecular complexity index is 5050. The molecule has 1 aliphatic heterocycles. The topological polar surface area (TPSA) is 316 Å². The maximum absolute atomic E-state index is 11.9. The number of sulfonamides is 5. The number of hydrogen-bond acceptors (Lipinski definition) is 18. The van der Waals surface area contributed by atoms with Crippen LogP contribution in [0.3, 0.4) is 0 Å². The summed E-state index contributed by atoms with van der Waals surface area (Å²) in [5, 5.41) is 8.58. The second kappa shape index (κ2) is 57.6. The lowest BCUT2D eigenvalue weighted by atomic mass is 9.86. The van der Waals surface area contributed by atoms with E-state index < -0.39 is 79.6 Å². The Balaban J connectivity index is -0.00000135. The average Bonchev–Trinajstić information content (AvgIpc) is 0.716. The van der Waals surface area contributed by atoms with Gasteiger partial charge in [-0.15, -0.1) is 0 Å². The Morgan fingerprint density at radius 2 is 0.724 bits per heavy atom. The van der Waals surface area contributed by atoms with Crippen LogP contribution in [0.5, 0.6) is 0 Å². The van der Waals surface area contributed by atoms with Gasteiger partial charge in [-0.3, -0.25) is 0 Å². The Hall–Kier alpha value is -5.83. The molecule has 0 bridgehead atoms. The van der Waals surface area contributed by atoms with Gasteiger partial charge in [0.1, 0.15) is 9.84 Å². The number of nitriles is 1. The van der Waals surface area contributed by atoms with Gasteiger partial charge >= 0.3 is 0 Å². The van der Waals surface area contributed by atoms with Crippen LogP contribution in [0.25, 0.3) is 0 Å². The zero-order valence-corrected chi connectivity index (χ0v) is 90.1. The second-order valence-corrected chi connectivity index (χ2v) is 54.7. The largest absolute Gasteiger partial charge is 0.302 e. The Labute approximate surface area is 775 Å². The van der Waals surface area contributed by atoms with Crippen LogP contribution in [-0.4, -0.2) is 219 Å². The van der Waals surface area contributed by atoms with Gasteiger partial charge in [-0.1, -0.05) is 244 Å². The predicted octanol–water partition coefficient (Wildman–Crippen LogP) is 18.9. The predicted molar refractivity (Wildman–Crippen MR) is 535 cm³/mol. The van der Waals surface area contributed by atoms with Crippen molar-refractivity contribution in [3.8, 4) is 6.07 Å². The van der Waals surface area contributed by atoms with Crippen LogP contribution in [0.1, 0.15) is 252 Å². The van der Waals surface area contributed by atoms with Gasteiger partial charge in [0, 0.05) is 76.2 Å². The summed E-state index contributed by atoms with van der Waals surface area (Å²) >= 11 is 0. The second-order valence-electron chi connectivity index (χ2n) is 38.4. The fraction of sp³-hybridized carbons (Fsp3) is 0.615. The molecule has 1 fully saturated rings. The van der Waals surface area contributed by atoms with Gasteiger partial charge in [0.25, 0.3) is 0 Å². The van der Waals surface area contributed by atoms with Gasteiger partial charge in [-0.05, 0) is 214 Å². The zero-order chi connectivity index (χ0) is 99.5. The minimum Gasteiger partial charge on any atom is -0.302 e. The maximum atomic E-state index is 11.9. The summed E-state index contributed by atoms with van der Waals surface area (Å²) in [6, 6.07) is 54.4. The molecule has 31 heteroatoms. The van der Waals surface area contributed by atoms with E-state index in [0.29, 0.717) is 34.6 Å². The third-order valence-corrected chi connectivity index (χ3v) is 32.9. The zero-order valence-electron chi connectivity index (χ0n) is 83.5. The quantitative estimate of drug-likeness (QED) is 0.0487. The van der Waals surface area contributed by atoms with E-state index in [0.717, 1.165) is 42.7 Å². The van der Waals surface area contributed by atoms with Crippen molar-refractivity contribution in [1.82, 2.24) is 26.4 Å². The van der Waals surface area contributed by atoms with Gasteiger partial charge in [0.2, 0.25) is 50.1 Å². The first-order valence-corrected chi connectivity index (χ1v) is 57.6. The normalized spacial score (nSPS) is 13.3. The molecule has 23 nitrogen and oxygen atoms in total. The molecular weight excluding hydrogens is 1760 g/mol. The molecule has 7 rings (SSSR count). The number of benzene rings is 6. The molecule has 0 unspecified atom stereocenters. The van der Waals surface area contributed by atoms with Crippen LogP contribution >= 0.6 is 0 Å². The highest BCUT2D eigenvalue weighted by Crippen LogP contribution is 2.26. The van der Waals surface area contributed by atoms with Gasteiger partial charge in [-0.2, -0.15) is 18.2 Å². The molecule has 6 aromatic rings. The van der Waals surface area contributed by atoms with Crippen molar-refractivity contribution in [2.24, 2.45) is 17.8 Å². The number of sulfone groups is 3. The number of hydrogen-bond donors (Lipinski definition) is 0. The Morgan fingerprint density at radius 3 is 1.00 bits per heavy atom. The van der Waals surface area contributed by atoms with Crippen LogP contribution in [0.15, 0.2) is 180 Å². The number of rotatable bonds is 26. The Morgan fingerprint density at radius 1 is 0.386 bits per heavy atom. The number of likely N-dealkylation sites (tertiary alicyclic amines) is 1. The summed E-state index contributed by atoms with van der Waals surface area (Å²) in [6.45, 7) is 58.0. The molecule has 0 spiro atoms. The molecule has 0 amide bonds. The van der Waals surface area contributed by atoms with E-state index >= 15 is 0 Å². The highest BCUT2D eigenvalue weighted by molar-refractivity contribution is 7.92. The van der Waals surface area contributed by atoms with Crippen LogP contribution in [0, 0.1) is 29.1 Å². The van der Waals surface area contributed by atoms with Crippen molar-refractivity contribution in [2.75, 3.05) is 96.1 Å². The summed E-state index contributed by atoms with van der Waals surface area (Å²) in [6.07, 6.45) is 9.67. The monoisotopic (exact) mass is 1930 g/mol. The lowest BCUT2D eigenvalue weighted by Crippen LogP contribution is -2.48. The molecule has 127 heavy (non-hydrogen) atoms. The van der Waals surface area contributed by atoms with E-state index in [4.69, 9.17) is 5.26 Å². The maximum Gasteiger partial charge on any atom is 0.243 e. The van der Waals surface area contributed by atoms with Crippen LogP contribution < -0.4 is 0 Å². The average molecular weight is 1930 g/mol. The first-order valence-electron chi connectivity index (χ1n) is 43.5. The third-order valence-electron chi connectivity index (χ3n) is 19.0. The van der Waals surface area contributed by atoms with Crippen LogP contribution in [0.4, 0.5) is 0 Å². The summed E-state index contributed by atoms with van der Waals surface area (Å²) < 4.78 is 190. The minimum atomic E-state index is -3.30. The number of nitrogens with zero attached hydrogens (tertiary/aromatic N) is 7. The van der Waals surface area contributed by atoms with Gasteiger partial charge in [-0.25, -0.2) is 76.0 Å². The smallest absolute Gasteiger partial charge is 0.243 e. The van der Waals surface area contributed by atoms with Gasteiger partial charge in [0.15, 0.2) is 19.7 Å². The molecule has 1 heterocycles. The summed E-state index contributed by atoms with van der Waals surface area (Å²) in [4.78, 5) is 3.13. The molecule has 1 saturated heterocycles. The molecule has 0 aromatic heterocycles. The molecule has 0 aliphatic carbocycles. The Kier molecular flexibility index (Phi) is 56.8. The molecule has 728 valence electrons. The first-order chi connectivity index (χ1) is 57.5. The van der Waals surface area contributed by atoms with Crippen LogP contribution in [0.2, 0.25) is 0 Å². The van der Waals surface area contributed by atoms with E-state index in [1.165, 1.54) is 78.2 Å². The van der Waals surface area contributed by atoms with E-state index in [1.807, 2.05) is 223 Å². The van der Waals surface area contributed by atoms with E-state index in [9.17, 15) is 67.3 Å². The standard InChI is InChI=1S/C13H20.C12H26N2O2S.C11H17NO2S.C11H13N.C11H16O2S.C10H15NO2S.C10H14O2S.C8H19NO2S.C5H13NO2S.C5H12O2S/c1-10(2)11-6-8-12(9-7-11)13(3,4)5;1-12(2,3)14(17(4,15)16)11-10-13-8-6-5-7-9-13;1-10(2)12(3)15(13,14)9-11-7-5-4-6-8-11;1-11(2,3)10-6-4-9(8-12)5-7-10;1-10(2)8-14(12,13)9-11-6-4-3-5-7-11;1-9(2)11(3)14(12,13)10-7-5-4-6-8-10;1-9(2)8-13(11,12)10-6-4-3-5-7-10;1-6-7-9(8(2,3)4)12(5,10)11;1-5(2)6(3)9(4,7)8;1-5(2)4-8(3,6)7/h6-10H,1-5H3;5-11H2,1-4H3;4-8,10H,9H2,1-3H3;4-7H,1-3H3;3-7,10H,8-9H2,1-2H3;4-9H,1-3H3;3-7,9H,8H2,1-2H3;6-7H2,1-5H3;5H,1-4H3;5H,4H2,1-3H3.